The van der Waals surface area contributed by atoms with Crippen molar-refractivity contribution in [3.05, 3.63) is 95.0 Å². The number of hydrogen-bond donors (Lipinski definition) is 3. The zero-order valence-electron chi connectivity index (χ0n) is 14.9. The number of anilines is 2. The molecule has 3 N–H and O–H groups in total. The van der Waals surface area contributed by atoms with E-state index in [0.717, 1.165) is 16.8 Å². The first-order chi connectivity index (χ1) is 13.6. The average Bonchev–Trinajstić information content (AvgIpc) is 2.75. The molecule has 4 rings (SSSR count). The predicted molar refractivity (Wildman–Crippen MR) is 117 cm³/mol. The molecule has 0 aliphatic heterocycles. The number of phenols is 2. The van der Waals surface area contributed by atoms with Gasteiger partial charge < -0.3 is 15.5 Å². The molecule has 0 fully saturated rings. The van der Waals surface area contributed by atoms with Crippen LogP contribution < -0.4 is 5.32 Å². The normalized spacial score (nSPS) is 11.2. The number of hydrogen-bond acceptors (Lipinski definition) is 3. The zero-order chi connectivity index (χ0) is 19.5. The Hall–Kier alpha value is -3.43. The van der Waals surface area contributed by atoms with Crippen molar-refractivity contribution in [2.24, 2.45) is 0 Å². The van der Waals surface area contributed by atoms with Crippen LogP contribution in [0.15, 0.2) is 78.9 Å². The van der Waals surface area contributed by atoms with Gasteiger partial charge in [-0.25, -0.2) is 0 Å². The number of phenolic OH excluding ortho intramolecular Hbond substituents is 2. The van der Waals surface area contributed by atoms with Crippen LogP contribution in [0.4, 0.5) is 11.4 Å². The number of rotatable bonds is 4. The standard InChI is InChI=1S/C24H18ClNO2/c25-21-22(24(28)20-12-5-4-11-19(20)23(21)27)26-18-10-6-9-17(15-18)14-13-16-7-2-1-3-8-16/h1-15,26-28H/b14-13+. The number of halogens is 1. The maximum Gasteiger partial charge on any atom is 0.148 e. The summed E-state index contributed by atoms with van der Waals surface area (Å²) in [7, 11) is 0. The molecule has 0 aromatic heterocycles. The molecule has 0 heterocycles. The highest BCUT2D eigenvalue weighted by atomic mass is 35.5. The molecule has 4 heteroatoms. The summed E-state index contributed by atoms with van der Waals surface area (Å²) in [6, 6.07) is 24.8. The lowest BCUT2D eigenvalue weighted by Gasteiger charge is -2.15. The SMILES string of the molecule is Oc1c(Cl)c(Nc2cccc(/C=C/c3ccccc3)c2)c(O)c2ccccc12. The lowest BCUT2D eigenvalue weighted by molar-refractivity contribution is 0.471. The van der Waals surface area contributed by atoms with Crippen molar-refractivity contribution in [1.82, 2.24) is 0 Å². The molecule has 4 aromatic rings. The lowest BCUT2D eigenvalue weighted by Crippen LogP contribution is -1.94. The summed E-state index contributed by atoms with van der Waals surface area (Å²) in [4.78, 5) is 0. The summed E-state index contributed by atoms with van der Waals surface area (Å²) in [6.07, 6.45) is 4.05. The molecule has 0 saturated heterocycles. The highest BCUT2D eigenvalue weighted by Crippen LogP contribution is 2.46. The molecule has 0 atom stereocenters. The highest BCUT2D eigenvalue weighted by Gasteiger charge is 2.17. The largest absolute Gasteiger partial charge is 0.506 e. The summed E-state index contributed by atoms with van der Waals surface area (Å²) < 4.78 is 0. The van der Waals surface area contributed by atoms with Crippen molar-refractivity contribution in [2.45, 2.75) is 0 Å². The van der Waals surface area contributed by atoms with Crippen LogP contribution in [0.2, 0.25) is 5.02 Å². The van der Waals surface area contributed by atoms with Crippen LogP contribution in [-0.4, -0.2) is 10.2 Å². The van der Waals surface area contributed by atoms with Crippen molar-refractivity contribution < 1.29 is 10.2 Å². The number of fused-ring (bicyclic) bond motifs is 1. The second-order valence-corrected chi connectivity index (χ2v) is 6.80. The number of nitrogens with one attached hydrogen (secondary N) is 1. The summed E-state index contributed by atoms with van der Waals surface area (Å²) in [5.41, 5.74) is 3.14. The van der Waals surface area contributed by atoms with E-state index in [9.17, 15) is 10.2 Å². The van der Waals surface area contributed by atoms with Gasteiger partial charge in [0.15, 0.2) is 0 Å². The van der Waals surface area contributed by atoms with Gasteiger partial charge in [0.2, 0.25) is 0 Å². The van der Waals surface area contributed by atoms with E-state index < -0.39 is 0 Å². The van der Waals surface area contributed by atoms with Gasteiger partial charge in [-0.15, -0.1) is 0 Å². The Morgan fingerprint density at radius 2 is 1.29 bits per heavy atom. The topological polar surface area (TPSA) is 52.5 Å². The molecule has 0 aliphatic rings. The summed E-state index contributed by atoms with van der Waals surface area (Å²) in [6.45, 7) is 0. The van der Waals surface area contributed by atoms with Gasteiger partial charge in [0, 0.05) is 16.5 Å². The van der Waals surface area contributed by atoms with Crippen molar-refractivity contribution in [3.8, 4) is 11.5 Å². The van der Waals surface area contributed by atoms with Gasteiger partial charge in [-0.1, -0.05) is 90.5 Å². The Morgan fingerprint density at radius 3 is 2.04 bits per heavy atom. The van der Waals surface area contributed by atoms with Gasteiger partial charge in [0.25, 0.3) is 0 Å². The molecule has 28 heavy (non-hydrogen) atoms. The highest BCUT2D eigenvalue weighted by molar-refractivity contribution is 6.37. The van der Waals surface area contributed by atoms with E-state index in [-0.39, 0.29) is 22.2 Å². The maximum absolute atomic E-state index is 10.7. The fourth-order valence-electron chi connectivity index (χ4n) is 3.11. The van der Waals surface area contributed by atoms with Crippen molar-refractivity contribution in [2.75, 3.05) is 5.32 Å². The Kier molecular flexibility index (Phi) is 4.92. The zero-order valence-corrected chi connectivity index (χ0v) is 15.7. The fraction of sp³-hybridized carbons (Fsp3) is 0. The van der Waals surface area contributed by atoms with Crippen LogP contribution in [0.25, 0.3) is 22.9 Å². The minimum atomic E-state index is -0.0577. The molecular weight excluding hydrogens is 370 g/mol. The molecule has 4 aromatic carbocycles. The molecule has 138 valence electrons. The van der Waals surface area contributed by atoms with Crippen molar-refractivity contribution in [3.63, 3.8) is 0 Å². The van der Waals surface area contributed by atoms with Gasteiger partial charge in [-0.2, -0.15) is 0 Å². The monoisotopic (exact) mass is 387 g/mol. The molecule has 0 saturated carbocycles. The molecule has 0 amide bonds. The van der Waals surface area contributed by atoms with E-state index in [2.05, 4.69) is 5.32 Å². The van der Waals surface area contributed by atoms with Crippen molar-refractivity contribution in [1.29, 1.82) is 0 Å². The second-order valence-electron chi connectivity index (χ2n) is 6.43. The number of benzene rings is 4. The minimum Gasteiger partial charge on any atom is -0.506 e. The van der Waals surface area contributed by atoms with E-state index in [0.29, 0.717) is 10.8 Å². The molecule has 0 spiro atoms. The second kappa shape index (κ2) is 7.67. The predicted octanol–water partition coefficient (Wildman–Crippen LogP) is 6.82. The van der Waals surface area contributed by atoms with Gasteiger partial charge in [-0.05, 0) is 23.3 Å². The van der Waals surface area contributed by atoms with Gasteiger partial charge in [-0.3, -0.25) is 0 Å². The quantitative estimate of drug-likeness (QED) is 0.204. The summed E-state index contributed by atoms with van der Waals surface area (Å²) in [5.74, 6) is -0.0543. The first-order valence-corrected chi connectivity index (χ1v) is 9.23. The summed E-state index contributed by atoms with van der Waals surface area (Å²) >= 11 is 6.32. The van der Waals surface area contributed by atoms with Crippen LogP contribution in [0.1, 0.15) is 11.1 Å². The van der Waals surface area contributed by atoms with Gasteiger partial charge in [0.05, 0.1) is 0 Å². The van der Waals surface area contributed by atoms with Gasteiger partial charge in [0.1, 0.15) is 22.2 Å². The molecule has 0 bridgehead atoms. The van der Waals surface area contributed by atoms with Crippen LogP contribution in [0.3, 0.4) is 0 Å². The third-order valence-corrected chi connectivity index (χ3v) is 4.89. The molecular formula is C24H18ClNO2. The number of aromatic hydroxyl groups is 2. The third-order valence-electron chi connectivity index (χ3n) is 4.53. The van der Waals surface area contributed by atoms with E-state index in [4.69, 9.17) is 11.6 Å². The Morgan fingerprint density at radius 1 is 0.679 bits per heavy atom. The van der Waals surface area contributed by atoms with E-state index in [1.54, 1.807) is 24.3 Å². The fourth-order valence-corrected chi connectivity index (χ4v) is 3.35. The van der Waals surface area contributed by atoms with Crippen LogP contribution in [0.5, 0.6) is 11.5 Å². The average molecular weight is 388 g/mol. The van der Waals surface area contributed by atoms with Crippen molar-refractivity contribution >= 4 is 45.9 Å². The smallest absolute Gasteiger partial charge is 0.148 e. The van der Waals surface area contributed by atoms with Crippen LogP contribution in [-0.2, 0) is 0 Å². The Labute approximate surface area is 168 Å². The van der Waals surface area contributed by atoms with Gasteiger partial charge >= 0.3 is 0 Å². The first kappa shape index (κ1) is 18.0. The lowest BCUT2D eigenvalue weighted by atomic mass is 10.1. The van der Waals surface area contributed by atoms with E-state index in [1.807, 2.05) is 66.7 Å². The maximum atomic E-state index is 10.7. The molecule has 0 unspecified atom stereocenters. The summed E-state index contributed by atoms with van der Waals surface area (Å²) in [5, 5.41) is 25.3. The minimum absolute atomic E-state index is 0.00336. The molecule has 3 nitrogen and oxygen atoms in total. The third kappa shape index (κ3) is 3.53. The Bertz CT molecular complexity index is 1170. The first-order valence-electron chi connectivity index (χ1n) is 8.86. The van der Waals surface area contributed by atoms with Crippen LogP contribution in [0, 0.1) is 0 Å². The van der Waals surface area contributed by atoms with E-state index >= 15 is 0 Å². The molecule has 0 aliphatic carbocycles. The van der Waals surface area contributed by atoms with Crippen LogP contribution >= 0.6 is 11.6 Å². The molecule has 0 radical (unpaired) electrons. The van der Waals surface area contributed by atoms with E-state index in [1.165, 1.54) is 0 Å². The Balaban J connectivity index is 1.68.